The highest BCUT2D eigenvalue weighted by Gasteiger charge is 2.15. The standard InChI is InChI=1S/C19H21N3O4S/c1-22(19-21-18-14(25-3)6-5-7-16(18)27-19)11-17(23)20-13-9-8-12(24-2)10-15(13)26-4/h5-10H,11H2,1-4H3,(H,20,23). The Morgan fingerprint density at radius 3 is 2.59 bits per heavy atom. The minimum Gasteiger partial charge on any atom is -0.497 e. The van der Waals surface area contributed by atoms with Gasteiger partial charge in [-0.15, -0.1) is 0 Å². The first kappa shape index (κ1) is 18.8. The summed E-state index contributed by atoms with van der Waals surface area (Å²) in [5.41, 5.74) is 1.38. The normalized spacial score (nSPS) is 10.5. The Morgan fingerprint density at radius 2 is 1.89 bits per heavy atom. The Balaban J connectivity index is 1.73. The first-order chi connectivity index (χ1) is 13.0. The third-order valence-electron chi connectivity index (χ3n) is 3.98. The molecule has 1 N–H and O–H groups in total. The van der Waals surface area contributed by atoms with Crippen LogP contribution in [0.4, 0.5) is 10.8 Å². The lowest BCUT2D eigenvalue weighted by Gasteiger charge is -2.16. The van der Waals surface area contributed by atoms with E-state index in [1.165, 1.54) is 11.3 Å². The number of likely N-dealkylation sites (N-methyl/N-ethyl adjacent to an activating group) is 1. The van der Waals surface area contributed by atoms with Crippen LogP contribution in [-0.4, -0.2) is 45.8 Å². The zero-order valence-electron chi connectivity index (χ0n) is 15.6. The van der Waals surface area contributed by atoms with Gasteiger partial charge < -0.3 is 24.4 Å². The monoisotopic (exact) mass is 387 g/mol. The molecule has 0 aliphatic heterocycles. The Morgan fingerprint density at radius 1 is 1.11 bits per heavy atom. The average molecular weight is 387 g/mol. The number of benzene rings is 2. The Hall–Kier alpha value is -3.00. The third-order valence-corrected chi connectivity index (χ3v) is 5.12. The van der Waals surface area contributed by atoms with Crippen LogP contribution in [0.25, 0.3) is 10.2 Å². The van der Waals surface area contributed by atoms with Gasteiger partial charge in [-0.2, -0.15) is 0 Å². The van der Waals surface area contributed by atoms with Crippen molar-refractivity contribution in [2.24, 2.45) is 0 Å². The average Bonchev–Trinajstić information content (AvgIpc) is 3.12. The molecule has 0 bridgehead atoms. The van der Waals surface area contributed by atoms with Gasteiger partial charge in [-0.25, -0.2) is 4.98 Å². The summed E-state index contributed by atoms with van der Waals surface area (Å²) in [4.78, 5) is 18.9. The molecule has 142 valence electrons. The number of hydrogen-bond acceptors (Lipinski definition) is 7. The molecule has 0 saturated heterocycles. The summed E-state index contributed by atoms with van der Waals surface area (Å²) in [7, 11) is 6.57. The first-order valence-electron chi connectivity index (χ1n) is 8.22. The van der Waals surface area contributed by atoms with Crippen LogP contribution in [0.2, 0.25) is 0 Å². The van der Waals surface area contributed by atoms with Crippen molar-refractivity contribution in [2.45, 2.75) is 0 Å². The van der Waals surface area contributed by atoms with E-state index in [1.54, 1.807) is 44.4 Å². The molecule has 27 heavy (non-hydrogen) atoms. The number of para-hydroxylation sites is 1. The van der Waals surface area contributed by atoms with Gasteiger partial charge in [-0.05, 0) is 24.3 Å². The largest absolute Gasteiger partial charge is 0.497 e. The number of ether oxygens (including phenoxy) is 3. The molecule has 0 fully saturated rings. The summed E-state index contributed by atoms with van der Waals surface area (Å²) < 4.78 is 16.8. The minimum atomic E-state index is -0.174. The second-order valence-electron chi connectivity index (χ2n) is 5.77. The highest BCUT2D eigenvalue weighted by molar-refractivity contribution is 7.22. The van der Waals surface area contributed by atoms with E-state index in [9.17, 15) is 4.79 Å². The molecular weight excluding hydrogens is 366 g/mol. The zero-order chi connectivity index (χ0) is 19.4. The molecule has 1 amide bonds. The van der Waals surface area contributed by atoms with Crippen LogP contribution >= 0.6 is 11.3 Å². The second-order valence-corrected chi connectivity index (χ2v) is 6.78. The minimum absolute atomic E-state index is 0.150. The number of anilines is 2. The molecule has 0 aliphatic carbocycles. The summed E-state index contributed by atoms with van der Waals surface area (Å²) in [5, 5.41) is 3.60. The van der Waals surface area contributed by atoms with Gasteiger partial charge in [-0.1, -0.05) is 17.4 Å². The van der Waals surface area contributed by atoms with Gasteiger partial charge in [0.2, 0.25) is 5.91 Å². The fourth-order valence-electron chi connectivity index (χ4n) is 2.61. The summed E-state index contributed by atoms with van der Waals surface area (Å²) in [6.45, 7) is 0.150. The van der Waals surface area contributed by atoms with Crippen LogP contribution in [0.3, 0.4) is 0 Å². The van der Waals surface area contributed by atoms with Crippen LogP contribution in [-0.2, 0) is 4.79 Å². The Labute approximate surface area is 161 Å². The summed E-state index contributed by atoms with van der Waals surface area (Å²) in [6, 6.07) is 11.0. The molecule has 3 aromatic rings. The molecule has 1 aromatic heterocycles. The van der Waals surface area contributed by atoms with E-state index < -0.39 is 0 Å². The van der Waals surface area contributed by atoms with Crippen molar-refractivity contribution in [1.29, 1.82) is 0 Å². The number of methoxy groups -OCH3 is 3. The quantitative estimate of drug-likeness (QED) is 0.670. The van der Waals surface area contributed by atoms with Gasteiger partial charge in [-0.3, -0.25) is 4.79 Å². The number of nitrogens with one attached hydrogen (secondary N) is 1. The number of aromatic nitrogens is 1. The van der Waals surface area contributed by atoms with Gasteiger partial charge in [0.15, 0.2) is 5.13 Å². The second kappa shape index (κ2) is 8.13. The highest BCUT2D eigenvalue weighted by atomic mass is 32.1. The molecule has 0 unspecified atom stereocenters. The highest BCUT2D eigenvalue weighted by Crippen LogP contribution is 2.33. The zero-order valence-corrected chi connectivity index (χ0v) is 16.4. The van der Waals surface area contributed by atoms with Gasteiger partial charge >= 0.3 is 0 Å². The molecule has 3 rings (SSSR count). The number of rotatable bonds is 7. The molecule has 0 radical (unpaired) electrons. The lowest BCUT2D eigenvalue weighted by molar-refractivity contribution is -0.114. The number of carbonyl (C=O) groups is 1. The summed E-state index contributed by atoms with van der Waals surface area (Å²) >= 11 is 1.51. The van der Waals surface area contributed by atoms with E-state index in [1.807, 2.05) is 25.2 Å². The van der Waals surface area contributed by atoms with Crippen molar-refractivity contribution in [2.75, 3.05) is 45.1 Å². The molecule has 1 heterocycles. The van der Waals surface area contributed by atoms with Gasteiger partial charge in [0.25, 0.3) is 0 Å². The number of fused-ring (bicyclic) bond motifs is 1. The predicted molar refractivity (Wildman–Crippen MR) is 108 cm³/mol. The fourth-order valence-corrected chi connectivity index (χ4v) is 3.56. The van der Waals surface area contributed by atoms with Crippen LogP contribution in [0.1, 0.15) is 0 Å². The van der Waals surface area contributed by atoms with E-state index in [0.717, 1.165) is 21.1 Å². The molecule has 7 nitrogen and oxygen atoms in total. The van der Waals surface area contributed by atoms with Gasteiger partial charge in [0, 0.05) is 13.1 Å². The van der Waals surface area contributed by atoms with E-state index >= 15 is 0 Å². The van der Waals surface area contributed by atoms with Crippen molar-refractivity contribution < 1.29 is 19.0 Å². The molecule has 2 aromatic carbocycles. The maximum Gasteiger partial charge on any atom is 0.244 e. The van der Waals surface area contributed by atoms with Crippen molar-refractivity contribution >= 4 is 38.3 Å². The van der Waals surface area contributed by atoms with E-state index in [0.29, 0.717) is 17.2 Å². The smallest absolute Gasteiger partial charge is 0.244 e. The lowest BCUT2D eigenvalue weighted by Crippen LogP contribution is -2.30. The molecule has 0 atom stereocenters. The summed E-state index contributed by atoms with van der Waals surface area (Å²) in [5.74, 6) is 1.74. The van der Waals surface area contributed by atoms with Crippen LogP contribution < -0.4 is 24.4 Å². The van der Waals surface area contributed by atoms with E-state index in [4.69, 9.17) is 14.2 Å². The van der Waals surface area contributed by atoms with Crippen molar-refractivity contribution in [1.82, 2.24) is 4.98 Å². The lowest BCUT2D eigenvalue weighted by atomic mass is 10.2. The number of thiazole rings is 1. The van der Waals surface area contributed by atoms with E-state index in [-0.39, 0.29) is 12.5 Å². The number of amides is 1. The maximum absolute atomic E-state index is 12.5. The first-order valence-corrected chi connectivity index (χ1v) is 9.04. The third kappa shape index (κ3) is 4.06. The SMILES string of the molecule is COc1ccc(NC(=O)CN(C)c2nc3c(OC)cccc3s2)c(OC)c1. The van der Waals surface area contributed by atoms with Crippen LogP contribution in [0, 0.1) is 0 Å². The topological polar surface area (TPSA) is 72.9 Å². The van der Waals surface area contributed by atoms with E-state index in [2.05, 4.69) is 10.3 Å². The number of carbonyl (C=O) groups excluding carboxylic acids is 1. The summed E-state index contributed by atoms with van der Waals surface area (Å²) in [6.07, 6.45) is 0. The number of hydrogen-bond donors (Lipinski definition) is 1. The maximum atomic E-state index is 12.5. The Bertz CT molecular complexity index is 957. The van der Waals surface area contributed by atoms with Crippen molar-refractivity contribution in [3.63, 3.8) is 0 Å². The molecule has 0 saturated carbocycles. The molecule has 0 aliphatic rings. The van der Waals surface area contributed by atoms with Crippen molar-refractivity contribution in [3.05, 3.63) is 36.4 Å². The van der Waals surface area contributed by atoms with Crippen LogP contribution in [0.15, 0.2) is 36.4 Å². The number of nitrogens with zero attached hydrogens (tertiary/aromatic N) is 2. The van der Waals surface area contributed by atoms with Gasteiger partial charge in [0.1, 0.15) is 22.8 Å². The predicted octanol–water partition coefficient (Wildman–Crippen LogP) is 3.40. The van der Waals surface area contributed by atoms with Crippen molar-refractivity contribution in [3.8, 4) is 17.2 Å². The van der Waals surface area contributed by atoms with Gasteiger partial charge in [0.05, 0.1) is 38.3 Å². The molecule has 8 heteroatoms. The fraction of sp³-hybridized carbons (Fsp3) is 0.263. The van der Waals surface area contributed by atoms with Crippen LogP contribution in [0.5, 0.6) is 17.2 Å². The molecule has 0 spiro atoms. The molecular formula is C19H21N3O4S. The Kier molecular flexibility index (Phi) is 5.66.